The quantitative estimate of drug-likeness (QED) is 0.631. The number of halogens is 1. The first-order valence-electron chi connectivity index (χ1n) is 5.94. The molecule has 0 atom stereocenters. The molecule has 0 saturated carbocycles. The zero-order chi connectivity index (χ0) is 16.4. The lowest BCUT2D eigenvalue weighted by molar-refractivity contribution is -0.125. The molecule has 7 nitrogen and oxygen atoms in total. The summed E-state index contributed by atoms with van der Waals surface area (Å²) in [6.07, 6.45) is 0. The lowest BCUT2D eigenvalue weighted by atomic mass is 9.93. The van der Waals surface area contributed by atoms with E-state index in [0.717, 1.165) is 0 Å². The van der Waals surface area contributed by atoms with Gasteiger partial charge >= 0.3 is 0 Å². The number of methoxy groups -OCH3 is 1. The van der Waals surface area contributed by atoms with Crippen LogP contribution in [0.5, 0.6) is 5.75 Å². The SMILES string of the molecule is COc1cc(Br)c(N)cc1S(=O)(=O)NCC(C)(C)C(N)=O. The lowest BCUT2D eigenvalue weighted by Gasteiger charge is -2.21. The fraction of sp³-hybridized carbons (Fsp3) is 0.417. The molecule has 0 aliphatic rings. The summed E-state index contributed by atoms with van der Waals surface area (Å²) in [5.41, 5.74) is 10.2. The van der Waals surface area contributed by atoms with Crippen LogP contribution in [0.25, 0.3) is 0 Å². The minimum absolute atomic E-state index is 0.106. The molecule has 118 valence electrons. The van der Waals surface area contributed by atoms with Gasteiger partial charge in [-0.3, -0.25) is 4.79 Å². The van der Waals surface area contributed by atoms with Gasteiger partial charge in [0.1, 0.15) is 10.6 Å². The van der Waals surface area contributed by atoms with Gasteiger partial charge in [0.15, 0.2) is 0 Å². The molecule has 0 aromatic heterocycles. The Balaban J connectivity index is 3.15. The minimum atomic E-state index is -3.89. The van der Waals surface area contributed by atoms with E-state index in [4.69, 9.17) is 16.2 Å². The first kappa shape index (κ1) is 17.7. The van der Waals surface area contributed by atoms with Gasteiger partial charge in [-0.25, -0.2) is 13.1 Å². The van der Waals surface area contributed by atoms with Crippen molar-refractivity contribution in [2.45, 2.75) is 18.7 Å². The molecule has 1 aromatic rings. The molecule has 5 N–H and O–H groups in total. The largest absolute Gasteiger partial charge is 0.495 e. The Labute approximate surface area is 132 Å². The Kier molecular flexibility index (Phi) is 5.24. The number of carbonyl (C=O) groups excluding carboxylic acids is 1. The molecule has 9 heteroatoms. The van der Waals surface area contributed by atoms with Crippen LogP contribution in [0.2, 0.25) is 0 Å². The van der Waals surface area contributed by atoms with Crippen molar-refractivity contribution in [1.29, 1.82) is 0 Å². The van der Waals surface area contributed by atoms with Gasteiger partial charge in [0.05, 0.1) is 12.5 Å². The second-order valence-corrected chi connectivity index (χ2v) is 7.69. The predicted molar refractivity (Wildman–Crippen MR) is 83.3 cm³/mol. The van der Waals surface area contributed by atoms with E-state index in [9.17, 15) is 13.2 Å². The van der Waals surface area contributed by atoms with E-state index in [1.165, 1.54) is 19.2 Å². The Bertz CT molecular complexity index is 659. The molecule has 1 rings (SSSR count). The number of nitrogen functional groups attached to an aromatic ring is 1. The molecule has 21 heavy (non-hydrogen) atoms. The fourth-order valence-corrected chi connectivity index (χ4v) is 3.08. The average molecular weight is 380 g/mol. The van der Waals surface area contributed by atoms with Crippen LogP contribution in [0.4, 0.5) is 5.69 Å². The fourth-order valence-electron chi connectivity index (χ4n) is 1.36. The van der Waals surface area contributed by atoms with Crippen LogP contribution in [0, 0.1) is 5.41 Å². The van der Waals surface area contributed by atoms with Gasteiger partial charge < -0.3 is 16.2 Å². The first-order valence-corrected chi connectivity index (χ1v) is 8.21. The van der Waals surface area contributed by atoms with Crippen molar-refractivity contribution in [2.24, 2.45) is 11.1 Å². The molecule has 0 bridgehead atoms. The first-order chi connectivity index (χ1) is 9.51. The van der Waals surface area contributed by atoms with Gasteiger partial charge in [-0.1, -0.05) is 0 Å². The van der Waals surface area contributed by atoms with E-state index in [-0.39, 0.29) is 22.9 Å². The normalized spacial score (nSPS) is 12.2. The van der Waals surface area contributed by atoms with Crippen LogP contribution >= 0.6 is 15.9 Å². The van der Waals surface area contributed by atoms with Crippen LogP contribution in [-0.4, -0.2) is 28.0 Å². The molecule has 1 amide bonds. The molecular formula is C12H18BrN3O4S. The van der Waals surface area contributed by atoms with E-state index in [2.05, 4.69) is 20.7 Å². The molecular weight excluding hydrogens is 362 g/mol. The second kappa shape index (κ2) is 6.20. The second-order valence-electron chi connectivity index (χ2n) is 5.10. The number of ether oxygens (including phenoxy) is 1. The summed E-state index contributed by atoms with van der Waals surface area (Å²) in [5.74, 6) is -0.465. The van der Waals surface area contributed by atoms with Crippen LogP contribution in [0.1, 0.15) is 13.8 Å². The minimum Gasteiger partial charge on any atom is -0.495 e. The number of rotatable bonds is 6. The van der Waals surface area contributed by atoms with Gasteiger partial charge in [-0.2, -0.15) is 0 Å². The summed E-state index contributed by atoms with van der Waals surface area (Å²) in [4.78, 5) is 11.1. The van der Waals surface area contributed by atoms with Crippen molar-refractivity contribution >= 4 is 37.5 Å². The third-order valence-corrected chi connectivity index (χ3v) is 5.05. The molecule has 0 aliphatic carbocycles. The summed E-state index contributed by atoms with van der Waals surface area (Å²) in [6.45, 7) is 2.96. The molecule has 1 aromatic carbocycles. The van der Waals surface area contributed by atoms with Gasteiger partial charge in [0, 0.05) is 16.7 Å². The summed E-state index contributed by atoms with van der Waals surface area (Å²) >= 11 is 3.20. The van der Waals surface area contributed by atoms with E-state index < -0.39 is 21.3 Å². The monoisotopic (exact) mass is 379 g/mol. The maximum absolute atomic E-state index is 12.3. The number of nitrogens with one attached hydrogen (secondary N) is 1. The van der Waals surface area contributed by atoms with Gasteiger partial charge in [0.25, 0.3) is 0 Å². The lowest BCUT2D eigenvalue weighted by Crippen LogP contribution is -2.42. The van der Waals surface area contributed by atoms with Crippen molar-refractivity contribution in [3.63, 3.8) is 0 Å². The van der Waals surface area contributed by atoms with E-state index >= 15 is 0 Å². The van der Waals surface area contributed by atoms with Gasteiger partial charge in [0.2, 0.25) is 15.9 Å². The van der Waals surface area contributed by atoms with Crippen LogP contribution < -0.4 is 20.9 Å². The standard InChI is InChI=1S/C12H18BrN3O4S/c1-12(2,11(15)17)6-16-21(18,19)10-5-8(14)7(13)4-9(10)20-3/h4-5,16H,6,14H2,1-3H3,(H2,15,17). The van der Waals surface area contributed by atoms with E-state index in [0.29, 0.717) is 4.47 Å². The Morgan fingerprint density at radius 2 is 2.00 bits per heavy atom. The molecule has 0 radical (unpaired) electrons. The van der Waals surface area contributed by atoms with E-state index in [1.807, 2.05) is 0 Å². The number of sulfonamides is 1. The zero-order valence-electron chi connectivity index (χ0n) is 11.9. The Morgan fingerprint density at radius 1 is 1.43 bits per heavy atom. The van der Waals surface area contributed by atoms with Crippen molar-refractivity contribution in [2.75, 3.05) is 19.4 Å². The molecule has 0 aliphatic heterocycles. The third-order valence-electron chi connectivity index (χ3n) is 2.94. The number of hydrogen-bond donors (Lipinski definition) is 3. The van der Waals surface area contributed by atoms with Gasteiger partial charge in [-0.15, -0.1) is 0 Å². The maximum atomic E-state index is 12.3. The van der Waals surface area contributed by atoms with Crippen molar-refractivity contribution in [3.05, 3.63) is 16.6 Å². The number of anilines is 1. The number of benzene rings is 1. The Morgan fingerprint density at radius 3 is 2.48 bits per heavy atom. The number of nitrogens with two attached hydrogens (primary N) is 2. The topological polar surface area (TPSA) is 125 Å². The highest BCUT2D eigenvalue weighted by Gasteiger charge is 2.29. The molecule has 0 saturated heterocycles. The molecule has 0 spiro atoms. The summed E-state index contributed by atoms with van der Waals surface area (Å²) < 4.78 is 32.6. The highest BCUT2D eigenvalue weighted by Crippen LogP contribution is 2.32. The number of carbonyl (C=O) groups is 1. The van der Waals surface area contributed by atoms with Crippen LogP contribution in [0.3, 0.4) is 0 Å². The maximum Gasteiger partial charge on any atom is 0.244 e. The highest BCUT2D eigenvalue weighted by atomic mass is 79.9. The molecule has 0 fully saturated rings. The average Bonchev–Trinajstić information content (AvgIpc) is 2.39. The van der Waals surface area contributed by atoms with Crippen molar-refractivity contribution in [3.8, 4) is 5.75 Å². The predicted octanol–water partition coefficient (Wildman–Crippen LogP) is 0.830. The van der Waals surface area contributed by atoms with Crippen molar-refractivity contribution < 1.29 is 17.9 Å². The summed E-state index contributed by atoms with van der Waals surface area (Å²) in [7, 11) is -2.54. The number of hydrogen-bond acceptors (Lipinski definition) is 5. The zero-order valence-corrected chi connectivity index (χ0v) is 14.3. The van der Waals surface area contributed by atoms with E-state index in [1.54, 1.807) is 13.8 Å². The number of amides is 1. The highest BCUT2D eigenvalue weighted by molar-refractivity contribution is 9.10. The smallest absolute Gasteiger partial charge is 0.244 e. The Hall–Kier alpha value is -1.32. The van der Waals surface area contributed by atoms with Gasteiger partial charge in [-0.05, 0) is 41.9 Å². The summed E-state index contributed by atoms with van der Waals surface area (Å²) in [6, 6.07) is 2.74. The van der Waals surface area contributed by atoms with Crippen LogP contribution in [-0.2, 0) is 14.8 Å². The summed E-state index contributed by atoms with van der Waals surface area (Å²) in [5, 5.41) is 0. The number of primary amides is 1. The van der Waals surface area contributed by atoms with Crippen molar-refractivity contribution in [1.82, 2.24) is 4.72 Å². The van der Waals surface area contributed by atoms with Crippen LogP contribution in [0.15, 0.2) is 21.5 Å². The molecule has 0 unspecified atom stereocenters. The third kappa shape index (κ3) is 4.08. The molecule has 0 heterocycles.